The van der Waals surface area contributed by atoms with Gasteiger partial charge in [-0.15, -0.1) is 0 Å². The van der Waals surface area contributed by atoms with Gasteiger partial charge in [0, 0.05) is 26.2 Å². The topological polar surface area (TPSA) is 69.6 Å². The van der Waals surface area contributed by atoms with Gasteiger partial charge in [0.1, 0.15) is 0 Å². The monoisotopic (exact) mass is 286 g/mol. The number of hydrogen-bond donors (Lipinski definition) is 2. The van der Waals surface area contributed by atoms with Gasteiger partial charge in [-0.05, 0) is 32.5 Å². The fourth-order valence-electron chi connectivity index (χ4n) is 1.62. The Morgan fingerprint density at radius 3 is 2.42 bits per heavy atom. The van der Waals surface area contributed by atoms with Crippen LogP contribution in [0, 0.1) is 6.92 Å². The molecular weight excluding hydrogens is 264 g/mol. The average Bonchev–Trinajstić information content (AvgIpc) is 2.36. The largest absolute Gasteiger partial charge is 0.396 e. The standard InChI is InChI=1S/C13H22N2O3S/c1-12-4-6-13(7-5-12)19(17,18)14-8-10-15(2)9-3-11-16/h4-7,14,16H,3,8-11H2,1-2H3. The number of rotatable bonds is 8. The molecule has 1 rings (SSSR count). The lowest BCUT2D eigenvalue weighted by Crippen LogP contribution is -2.33. The Balaban J connectivity index is 2.45. The van der Waals surface area contributed by atoms with Gasteiger partial charge in [0.05, 0.1) is 4.90 Å². The predicted molar refractivity (Wildman–Crippen MR) is 75.6 cm³/mol. The van der Waals surface area contributed by atoms with Crippen molar-refractivity contribution in [2.45, 2.75) is 18.2 Å². The number of hydrogen-bond acceptors (Lipinski definition) is 4. The van der Waals surface area contributed by atoms with Crippen LogP contribution in [0.15, 0.2) is 29.2 Å². The second kappa shape index (κ2) is 7.59. The van der Waals surface area contributed by atoms with Crippen LogP contribution in [0.1, 0.15) is 12.0 Å². The number of benzene rings is 1. The van der Waals surface area contributed by atoms with Gasteiger partial charge in [-0.25, -0.2) is 13.1 Å². The highest BCUT2D eigenvalue weighted by atomic mass is 32.2. The van der Waals surface area contributed by atoms with Gasteiger partial charge < -0.3 is 10.0 Å². The molecule has 0 fully saturated rings. The van der Waals surface area contributed by atoms with Crippen molar-refractivity contribution >= 4 is 10.0 Å². The van der Waals surface area contributed by atoms with Crippen LogP contribution in [0.2, 0.25) is 0 Å². The van der Waals surface area contributed by atoms with Crippen LogP contribution in [0.5, 0.6) is 0 Å². The van der Waals surface area contributed by atoms with Crippen LogP contribution in [0.25, 0.3) is 0 Å². The predicted octanol–water partition coefficient (Wildman–Crippen LogP) is 0.588. The fraction of sp³-hybridized carbons (Fsp3) is 0.538. The van der Waals surface area contributed by atoms with Gasteiger partial charge >= 0.3 is 0 Å². The van der Waals surface area contributed by atoms with Crippen molar-refractivity contribution in [1.29, 1.82) is 0 Å². The first-order valence-electron chi connectivity index (χ1n) is 6.31. The summed E-state index contributed by atoms with van der Waals surface area (Å²) in [6.07, 6.45) is 0.696. The molecule has 2 N–H and O–H groups in total. The Bertz CT molecular complexity index is 471. The third-order valence-corrected chi connectivity index (χ3v) is 4.29. The smallest absolute Gasteiger partial charge is 0.240 e. The molecule has 0 aromatic heterocycles. The minimum absolute atomic E-state index is 0.152. The summed E-state index contributed by atoms with van der Waals surface area (Å²) in [6.45, 7) is 3.80. The SMILES string of the molecule is Cc1ccc(S(=O)(=O)NCCN(C)CCCO)cc1. The Morgan fingerprint density at radius 2 is 1.84 bits per heavy atom. The molecule has 1 aromatic carbocycles. The summed E-state index contributed by atoms with van der Waals surface area (Å²) in [4.78, 5) is 2.27. The van der Waals surface area contributed by atoms with Crippen molar-refractivity contribution in [3.8, 4) is 0 Å². The maximum atomic E-state index is 12.0. The summed E-state index contributed by atoms with van der Waals surface area (Å²) >= 11 is 0. The molecule has 0 atom stereocenters. The van der Waals surface area contributed by atoms with Gasteiger partial charge in [-0.1, -0.05) is 17.7 Å². The van der Waals surface area contributed by atoms with E-state index in [0.717, 1.165) is 12.1 Å². The highest BCUT2D eigenvalue weighted by Crippen LogP contribution is 2.09. The fourth-order valence-corrected chi connectivity index (χ4v) is 2.65. The molecule has 5 nitrogen and oxygen atoms in total. The highest BCUT2D eigenvalue weighted by Gasteiger charge is 2.12. The first kappa shape index (κ1) is 16.1. The Morgan fingerprint density at radius 1 is 1.21 bits per heavy atom. The van der Waals surface area contributed by atoms with E-state index in [2.05, 4.69) is 4.72 Å². The molecule has 0 heterocycles. The molecule has 0 saturated carbocycles. The zero-order valence-electron chi connectivity index (χ0n) is 11.5. The van der Waals surface area contributed by atoms with Crippen molar-refractivity contribution in [3.05, 3.63) is 29.8 Å². The quantitative estimate of drug-likeness (QED) is 0.734. The van der Waals surface area contributed by atoms with E-state index >= 15 is 0 Å². The van der Waals surface area contributed by atoms with E-state index in [0.29, 0.717) is 19.5 Å². The summed E-state index contributed by atoms with van der Waals surface area (Å²) in [7, 11) is -1.52. The molecule has 0 amide bonds. The van der Waals surface area contributed by atoms with Gasteiger partial charge in [0.15, 0.2) is 0 Å². The molecule has 6 heteroatoms. The maximum absolute atomic E-state index is 12.0. The molecule has 0 aliphatic rings. The highest BCUT2D eigenvalue weighted by molar-refractivity contribution is 7.89. The molecular formula is C13H22N2O3S. The van der Waals surface area contributed by atoms with Crippen molar-refractivity contribution < 1.29 is 13.5 Å². The van der Waals surface area contributed by atoms with Gasteiger partial charge in [0.25, 0.3) is 0 Å². The summed E-state index contributed by atoms with van der Waals surface area (Å²) in [5.74, 6) is 0. The third-order valence-electron chi connectivity index (χ3n) is 2.81. The van der Waals surface area contributed by atoms with Crippen LogP contribution < -0.4 is 4.72 Å². The van der Waals surface area contributed by atoms with Crippen molar-refractivity contribution in [2.75, 3.05) is 33.3 Å². The molecule has 0 radical (unpaired) electrons. The molecule has 0 aliphatic heterocycles. The molecule has 0 saturated heterocycles. The Kier molecular flexibility index (Phi) is 6.44. The van der Waals surface area contributed by atoms with Crippen molar-refractivity contribution in [1.82, 2.24) is 9.62 Å². The molecule has 19 heavy (non-hydrogen) atoms. The first-order chi connectivity index (χ1) is 8.95. The van der Waals surface area contributed by atoms with Crippen LogP contribution in [-0.4, -0.2) is 51.7 Å². The van der Waals surface area contributed by atoms with E-state index < -0.39 is 10.0 Å². The van der Waals surface area contributed by atoms with E-state index in [1.807, 2.05) is 18.9 Å². The Hall–Kier alpha value is -0.950. The van der Waals surface area contributed by atoms with E-state index in [1.165, 1.54) is 0 Å². The second-order valence-corrected chi connectivity index (χ2v) is 6.36. The molecule has 1 aromatic rings. The number of sulfonamides is 1. The minimum Gasteiger partial charge on any atom is -0.396 e. The second-order valence-electron chi connectivity index (χ2n) is 4.59. The van der Waals surface area contributed by atoms with Crippen molar-refractivity contribution in [2.24, 2.45) is 0 Å². The number of aryl methyl sites for hydroxylation is 1. The van der Waals surface area contributed by atoms with E-state index in [4.69, 9.17) is 5.11 Å². The number of aliphatic hydroxyl groups excluding tert-OH is 1. The number of likely N-dealkylation sites (N-methyl/N-ethyl adjacent to an activating group) is 1. The van der Waals surface area contributed by atoms with Crippen LogP contribution >= 0.6 is 0 Å². The third kappa shape index (κ3) is 5.69. The summed E-state index contributed by atoms with van der Waals surface area (Å²) in [5.41, 5.74) is 1.03. The maximum Gasteiger partial charge on any atom is 0.240 e. The number of nitrogens with zero attached hydrogens (tertiary/aromatic N) is 1. The van der Waals surface area contributed by atoms with E-state index in [-0.39, 0.29) is 11.5 Å². The molecule has 0 spiro atoms. The average molecular weight is 286 g/mol. The zero-order chi connectivity index (χ0) is 14.3. The number of nitrogens with one attached hydrogen (secondary N) is 1. The lowest BCUT2D eigenvalue weighted by molar-refractivity contribution is 0.249. The lowest BCUT2D eigenvalue weighted by atomic mass is 10.2. The van der Waals surface area contributed by atoms with Gasteiger partial charge in [-0.2, -0.15) is 0 Å². The van der Waals surface area contributed by atoms with E-state index in [9.17, 15) is 8.42 Å². The van der Waals surface area contributed by atoms with Crippen molar-refractivity contribution in [3.63, 3.8) is 0 Å². The van der Waals surface area contributed by atoms with Crippen LogP contribution in [-0.2, 0) is 10.0 Å². The van der Waals surface area contributed by atoms with Gasteiger partial charge in [-0.3, -0.25) is 0 Å². The van der Waals surface area contributed by atoms with Gasteiger partial charge in [0.2, 0.25) is 10.0 Å². The molecule has 0 bridgehead atoms. The van der Waals surface area contributed by atoms with Crippen LogP contribution in [0.3, 0.4) is 0 Å². The normalized spacial score (nSPS) is 12.0. The minimum atomic E-state index is -3.42. The van der Waals surface area contributed by atoms with Crippen LogP contribution in [0.4, 0.5) is 0 Å². The zero-order valence-corrected chi connectivity index (χ0v) is 12.3. The molecule has 108 valence electrons. The summed E-state index contributed by atoms with van der Waals surface area (Å²) < 4.78 is 26.5. The molecule has 0 aliphatic carbocycles. The first-order valence-corrected chi connectivity index (χ1v) is 7.80. The Labute approximate surface area is 115 Å². The summed E-state index contributed by atoms with van der Waals surface area (Å²) in [6, 6.07) is 6.77. The van der Waals surface area contributed by atoms with E-state index in [1.54, 1.807) is 24.3 Å². The number of aliphatic hydroxyl groups is 1. The lowest BCUT2D eigenvalue weighted by Gasteiger charge is -2.16. The molecule has 0 unspecified atom stereocenters. The summed E-state index contributed by atoms with van der Waals surface area (Å²) in [5, 5.41) is 8.70.